The first kappa shape index (κ1) is 13.2. The predicted octanol–water partition coefficient (Wildman–Crippen LogP) is 3.30. The van der Waals surface area contributed by atoms with E-state index in [2.05, 4.69) is 0 Å². The first-order valence-electron chi connectivity index (χ1n) is 5.91. The predicted molar refractivity (Wildman–Crippen MR) is 72.9 cm³/mol. The molecule has 0 fully saturated rings. The van der Waals surface area contributed by atoms with Gasteiger partial charge in [0.2, 0.25) is 0 Å². The number of hydrogen-bond acceptors (Lipinski definition) is 3. The number of halogens is 1. The SMILES string of the molecule is COc1ccc(C)cc1COc1ccc(N)cc1F. The molecule has 2 N–H and O–H groups in total. The standard InChI is InChI=1S/C15H16FNO2/c1-10-3-5-14(18-2)11(7-10)9-19-15-6-4-12(17)8-13(15)16/h3-8H,9,17H2,1-2H3. The number of ether oxygens (including phenoxy) is 2. The molecule has 0 aliphatic heterocycles. The normalized spacial score (nSPS) is 10.3. The van der Waals surface area contributed by atoms with Crippen LogP contribution >= 0.6 is 0 Å². The number of methoxy groups -OCH3 is 1. The molecule has 2 aromatic carbocycles. The van der Waals surface area contributed by atoms with Crippen LogP contribution in [0.15, 0.2) is 36.4 Å². The van der Waals surface area contributed by atoms with Gasteiger partial charge in [0.25, 0.3) is 0 Å². The molecule has 0 amide bonds. The summed E-state index contributed by atoms with van der Waals surface area (Å²) in [5.41, 5.74) is 7.83. The highest BCUT2D eigenvalue weighted by Gasteiger charge is 2.07. The summed E-state index contributed by atoms with van der Waals surface area (Å²) >= 11 is 0. The lowest BCUT2D eigenvalue weighted by molar-refractivity contribution is 0.282. The topological polar surface area (TPSA) is 44.5 Å². The van der Waals surface area contributed by atoms with Crippen molar-refractivity contribution >= 4 is 5.69 Å². The minimum atomic E-state index is -0.466. The maximum atomic E-state index is 13.6. The van der Waals surface area contributed by atoms with E-state index in [9.17, 15) is 4.39 Å². The summed E-state index contributed by atoms with van der Waals surface area (Å²) in [6, 6.07) is 10.1. The number of aryl methyl sites for hydroxylation is 1. The Morgan fingerprint density at radius 2 is 1.84 bits per heavy atom. The largest absolute Gasteiger partial charge is 0.496 e. The van der Waals surface area contributed by atoms with Gasteiger partial charge in [-0.05, 0) is 31.2 Å². The van der Waals surface area contributed by atoms with Crippen molar-refractivity contribution in [1.29, 1.82) is 0 Å². The molecule has 3 nitrogen and oxygen atoms in total. The third-order valence-electron chi connectivity index (χ3n) is 2.78. The number of hydrogen-bond donors (Lipinski definition) is 1. The van der Waals surface area contributed by atoms with Crippen molar-refractivity contribution in [3.05, 3.63) is 53.3 Å². The van der Waals surface area contributed by atoms with E-state index in [1.165, 1.54) is 12.1 Å². The summed E-state index contributed by atoms with van der Waals surface area (Å²) < 4.78 is 24.3. The number of nitrogens with two attached hydrogens (primary N) is 1. The van der Waals surface area contributed by atoms with E-state index >= 15 is 0 Å². The van der Waals surface area contributed by atoms with Crippen LogP contribution in [0.3, 0.4) is 0 Å². The van der Waals surface area contributed by atoms with Gasteiger partial charge in [0.1, 0.15) is 12.4 Å². The second kappa shape index (κ2) is 5.61. The molecule has 2 rings (SSSR count). The van der Waals surface area contributed by atoms with Gasteiger partial charge in [0.05, 0.1) is 7.11 Å². The second-order valence-electron chi connectivity index (χ2n) is 4.29. The van der Waals surface area contributed by atoms with Gasteiger partial charge in [-0.2, -0.15) is 0 Å². The minimum Gasteiger partial charge on any atom is -0.496 e. The van der Waals surface area contributed by atoms with Gasteiger partial charge < -0.3 is 15.2 Å². The molecule has 4 heteroatoms. The molecule has 0 bridgehead atoms. The van der Waals surface area contributed by atoms with Crippen LogP contribution in [0.1, 0.15) is 11.1 Å². The van der Waals surface area contributed by atoms with Crippen molar-refractivity contribution in [2.75, 3.05) is 12.8 Å². The molecule has 0 saturated heterocycles. The van der Waals surface area contributed by atoms with E-state index in [4.69, 9.17) is 15.2 Å². The van der Waals surface area contributed by atoms with Gasteiger partial charge >= 0.3 is 0 Å². The highest BCUT2D eigenvalue weighted by Crippen LogP contribution is 2.24. The fourth-order valence-corrected chi connectivity index (χ4v) is 1.81. The van der Waals surface area contributed by atoms with Crippen molar-refractivity contribution in [2.24, 2.45) is 0 Å². The quantitative estimate of drug-likeness (QED) is 0.859. The average molecular weight is 261 g/mol. The lowest BCUT2D eigenvalue weighted by Crippen LogP contribution is -2.01. The van der Waals surface area contributed by atoms with Crippen molar-refractivity contribution in [2.45, 2.75) is 13.5 Å². The summed E-state index contributed by atoms with van der Waals surface area (Å²) in [5, 5.41) is 0. The lowest BCUT2D eigenvalue weighted by Gasteiger charge is -2.11. The van der Waals surface area contributed by atoms with Crippen LogP contribution in [0, 0.1) is 12.7 Å². The van der Waals surface area contributed by atoms with Crippen molar-refractivity contribution in [3.8, 4) is 11.5 Å². The van der Waals surface area contributed by atoms with E-state index in [-0.39, 0.29) is 12.4 Å². The Hall–Kier alpha value is -2.23. The Labute approximate surface area is 111 Å². The van der Waals surface area contributed by atoms with Crippen LogP contribution in [0.5, 0.6) is 11.5 Å². The van der Waals surface area contributed by atoms with Crippen LogP contribution < -0.4 is 15.2 Å². The van der Waals surface area contributed by atoms with Crippen LogP contribution in [-0.4, -0.2) is 7.11 Å². The number of anilines is 1. The Kier molecular flexibility index (Phi) is 3.90. The molecule has 0 saturated carbocycles. The zero-order valence-corrected chi connectivity index (χ0v) is 10.9. The number of rotatable bonds is 4. The van der Waals surface area contributed by atoms with E-state index in [1.54, 1.807) is 13.2 Å². The molecule has 2 aromatic rings. The molecule has 19 heavy (non-hydrogen) atoms. The highest BCUT2D eigenvalue weighted by molar-refractivity contribution is 5.43. The van der Waals surface area contributed by atoms with Crippen LogP contribution in [-0.2, 0) is 6.61 Å². The van der Waals surface area contributed by atoms with Crippen molar-refractivity contribution in [3.63, 3.8) is 0 Å². The van der Waals surface area contributed by atoms with E-state index in [1.807, 2.05) is 25.1 Å². The summed E-state index contributed by atoms with van der Waals surface area (Å²) in [7, 11) is 1.60. The summed E-state index contributed by atoms with van der Waals surface area (Å²) in [5.74, 6) is 0.436. The Morgan fingerprint density at radius 3 is 2.53 bits per heavy atom. The van der Waals surface area contributed by atoms with Crippen molar-refractivity contribution in [1.82, 2.24) is 0 Å². The average Bonchev–Trinajstić information content (AvgIpc) is 2.38. The van der Waals surface area contributed by atoms with Crippen LogP contribution in [0.4, 0.5) is 10.1 Å². The zero-order valence-electron chi connectivity index (χ0n) is 10.9. The molecule has 0 unspecified atom stereocenters. The summed E-state index contributed by atoms with van der Waals surface area (Å²) in [6.45, 7) is 2.22. The van der Waals surface area contributed by atoms with E-state index in [0.29, 0.717) is 5.69 Å². The lowest BCUT2D eigenvalue weighted by atomic mass is 10.1. The van der Waals surface area contributed by atoms with E-state index in [0.717, 1.165) is 16.9 Å². The maximum absolute atomic E-state index is 13.6. The Bertz CT molecular complexity index is 584. The first-order valence-corrected chi connectivity index (χ1v) is 5.91. The second-order valence-corrected chi connectivity index (χ2v) is 4.29. The monoisotopic (exact) mass is 261 g/mol. The zero-order chi connectivity index (χ0) is 13.8. The van der Waals surface area contributed by atoms with Crippen LogP contribution in [0.25, 0.3) is 0 Å². The van der Waals surface area contributed by atoms with Gasteiger partial charge in [-0.1, -0.05) is 11.6 Å². The molecule has 0 radical (unpaired) electrons. The number of nitrogen functional groups attached to an aromatic ring is 1. The highest BCUT2D eigenvalue weighted by atomic mass is 19.1. The molecule has 0 spiro atoms. The molecule has 0 aliphatic carbocycles. The molecule has 0 aromatic heterocycles. The fraction of sp³-hybridized carbons (Fsp3) is 0.200. The molecule has 0 atom stereocenters. The van der Waals surface area contributed by atoms with Gasteiger partial charge in [-0.3, -0.25) is 0 Å². The Morgan fingerprint density at radius 1 is 1.11 bits per heavy atom. The van der Waals surface area contributed by atoms with Crippen LogP contribution in [0.2, 0.25) is 0 Å². The Balaban J connectivity index is 2.16. The first-order chi connectivity index (χ1) is 9.10. The smallest absolute Gasteiger partial charge is 0.167 e. The molecular formula is C15H16FNO2. The van der Waals surface area contributed by atoms with E-state index < -0.39 is 5.82 Å². The van der Waals surface area contributed by atoms with Gasteiger partial charge in [0, 0.05) is 17.3 Å². The summed E-state index contributed by atoms with van der Waals surface area (Å²) in [4.78, 5) is 0. The summed E-state index contributed by atoms with van der Waals surface area (Å²) in [6.07, 6.45) is 0. The fourth-order valence-electron chi connectivity index (χ4n) is 1.81. The van der Waals surface area contributed by atoms with Gasteiger partial charge in [0.15, 0.2) is 11.6 Å². The van der Waals surface area contributed by atoms with Gasteiger partial charge in [-0.25, -0.2) is 4.39 Å². The maximum Gasteiger partial charge on any atom is 0.167 e. The minimum absolute atomic E-state index is 0.178. The van der Waals surface area contributed by atoms with Gasteiger partial charge in [-0.15, -0.1) is 0 Å². The van der Waals surface area contributed by atoms with Crippen molar-refractivity contribution < 1.29 is 13.9 Å². The molecule has 100 valence electrons. The molecule has 0 aliphatic rings. The third-order valence-corrected chi connectivity index (χ3v) is 2.78. The molecule has 0 heterocycles. The third kappa shape index (κ3) is 3.16. The molecular weight excluding hydrogens is 245 g/mol. The number of benzene rings is 2.